The number of hydrogen-bond acceptors (Lipinski definition) is 3. The first kappa shape index (κ1) is 8.17. The number of carbonyl (C=O) groups excluding carboxylic acids is 1. The minimum Gasteiger partial charge on any atom is -0.380 e. The van der Waals surface area contributed by atoms with E-state index >= 15 is 0 Å². The Kier molecular flexibility index (Phi) is 2.21. The molecule has 1 heterocycles. The van der Waals surface area contributed by atoms with Crippen LogP contribution >= 0.6 is 0 Å². The summed E-state index contributed by atoms with van der Waals surface area (Å²) >= 11 is 0. The Labute approximate surface area is 76.1 Å². The van der Waals surface area contributed by atoms with Crippen molar-refractivity contribution >= 4 is 11.8 Å². The predicted molar refractivity (Wildman–Crippen MR) is 47.8 cm³/mol. The van der Waals surface area contributed by atoms with E-state index in [1.165, 1.54) is 0 Å². The maximum Gasteiger partial charge on any atom is 0.240 e. The highest BCUT2D eigenvalue weighted by molar-refractivity contribution is 5.55. The molecular weight excluding hydrogens is 166 g/mol. The molecule has 1 saturated heterocycles. The molecule has 1 aliphatic rings. The number of isocyanates is 1. The highest BCUT2D eigenvalue weighted by Gasteiger charge is 2.22. The van der Waals surface area contributed by atoms with Gasteiger partial charge in [0.25, 0.3) is 0 Å². The second-order valence-electron chi connectivity index (χ2n) is 3.00. The summed E-state index contributed by atoms with van der Waals surface area (Å²) in [7, 11) is 0. The zero-order chi connectivity index (χ0) is 9.10. The van der Waals surface area contributed by atoms with E-state index in [1.807, 2.05) is 24.3 Å². The van der Waals surface area contributed by atoms with E-state index in [9.17, 15) is 4.79 Å². The number of hydrogen-bond donors (Lipinski definition) is 0. The maximum absolute atomic E-state index is 10.1. The van der Waals surface area contributed by atoms with Gasteiger partial charge in [0.1, 0.15) is 0 Å². The van der Waals surface area contributed by atoms with Gasteiger partial charge in [0.2, 0.25) is 6.08 Å². The molecule has 0 saturated carbocycles. The van der Waals surface area contributed by atoms with Gasteiger partial charge in [0, 0.05) is 5.92 Å². The van der Waals surface area contributed by atoms with Crippen LogP contribution in [0.3, 0.4) is 0 Å². The molecule has 0 spiro atoms. The van der Waals surface area contributed by atoms with E-state index in [2.05, 4.69) is 4.99 Å². The van der Waals surface area contributed by atoms with Crippen LogP contribution in [-0.2, 0) is 9.53 Å². The first-order chi connectivity index (χ1) is 6.42. The molecular formula is C10H9NO2. The van der Waals surface area contributed by atoms with Crippen molar-refractivity contribution < 1.29 is 9.53 Å². The first-order valence-electron chi connectivity index (χ1n) is 4.16. The third-order valence-corrected chi connectivity index (χ3v) is 2.18. The molecule has 1 fully saturated rings. The topological polar surface area (TPSA) is 38.7 Å². The lowest BCUT2D eigenvalue weighted by molar-refractivity contribution is 0.00865. The van der Waals surface area contributed by atoms with Crippen LogP contribution in [0.1, 0.15) is 11.5 Å². The van der Waals surface area contributed by atoms with E-state index in [0.29, 0.717) is 11.6 Å². The van der Waals surface area contributed by atoms with Crippen molar-refractivity contribution in [2.45, 2.75) is 5.92 Å². The molecule has 3 nitrogen and oxygen atoms in total. The molecule has 1 aromatic rings. The van der Waals surface area contributed by atoms with Crippen molar-refractivity contribution in [3.05, 3.63) is 29.8 Å². The van der Waals surface area contributed by atoms with Crippen molar-refractivity contribution in [3.8, 4) is 0 Å². The third-order valence-electron chi connectivity index (χ3n) is 2.18. The van der Waals surface area contributed by atoms with Crippen LogP contribution in [0.5, 0.6) is 0 Å². The molecule has 1 aliphatic heterocycles. The van der Waals surface area contributed by atoms with E-state index < -0.39 is 0 Å². The van der Waals surface area contributed by atoms with Crippen molar-refractivity contribution in [2.75, 3.05) is 13.2 Å². The van der Waals surface area contributed by atoms with Gasteiger partial charge in [-0.2, -0.15) is 4.99 Å². The van der Waals surface area contributed by atoms with Gasteiger partial charge in [-0.25, -0.2) is 4.79 Å². The standard InChI is InChI=1S/C10H9NO2/c12-7-11-10-4-2-1-3-9(10)8-5-13-6-8/h1-4,8H,5-6H2. The average Bonchev–Trinajstić information content (AvgIpc) is 2.05. The Balaban J connectivity index is 2.36. The molecule has 1 aromatic carbocycles. The maximum atomic E-state index is 10.1. The fourth-order valence-electron chi connectivity index (χ4n) is 1.40. The Morgan fingerprint density at radius 3 is 2.77 bits per heavy atom. The summed E-state index contributed by atoms with van der Waals surface area (Å²) in [5.74, 6) is 0.397. The summed E-state index contributed by atoms with van der Waals surface area (Å²) in [5, 5.41) is 0. The second kappa shape index (κ2) is 3.52. The third kappa shape index (κ3) is 1.52. The smallest absolute Gasteiger partial charge is 0.240 e. The zero-order valence-electron chi connectivity index (χ0n) is 7.06. The Hall–Kier alpha value is -1.44. The fourth-order valence-corrected chi connectivity index (χ4v) is 1.40. The number of aliphatic imine (C=N–C) groups is 1. The normalized spacial score (nSPS) is 16.0. The number of benzene rings is 1. The van der Waals surface area contributed by atoms with Gasteiger partial charge in [0.05, 0.1) is 18.9 Å². The molecule has 0 radical (unpaired) electrons. The van der Waals surface area contributed by atoms with Crippen LogP contribution in [0.4, 0.5) is 5.69 Å². The molecule has 0 atom stereocenters. The van der Waals surface area contributed by atoms with Crippen LogP contribution in [0.25, 0.3) is 0 Å². The number of rotatable bonds is 2. The molecule has 0 bridgehead atoms. The van der Waals surface area contributed by atoms with Gasteiger partial charge in [0.15, 0.2) is 0 Å². The number of para-hydroxylation sites is 1. The number of ether oxygens (including phenoxy) is 1. The predicted octanol–water partition coefficient (Wildman–Crippen LogP) is 1.77. The van der Waals surface area contributed by atoms with Crippen LogP contribution < -0.4 is 0 Å². The van der Waals surface area contributed by atoms with E-state index in [1.54, 1.807) is 6.08 Å². The molecule has 2 rings (SSSR count). The van der Waals surface area contributed by atoms with Crippen molar-refractivity contribution in [1.82, 2.24) is 0 Å². The summed E-state index contributed by atoms with van der Waals surface area (Å²) in [6.07, 6.45) is 1.56. The molecule has 66 valence electrons. The molecule has 0 aliphatic carbocycles. The molecule has 0 aromatic heterocycles. The Morgan fingerprint density at radius 1 is 1.38 bits per heavy atom. The van der Waals surface area contributed by atoms with Gasteiger partial charge in [-0.05, 0) is 11.6 Å². The van der Waals surface area contributed by atoms with Gasteiger partial charge >= 0.3 is 0 Å². The zero-order valence-corrected chi connectivity index (χ0v) is 7.06. The quantitative estimate of drug-likeness (QED) is 0.507. The van der Waals surface area contributed by atoms with E-state index in [-0.39, 0.29) is 0 Å². The van der Waals surface area contributed by atoms with E-state index in [4.69, 9.17) is 4.74 Å². The van der Waals surface area contributed by atoms with Crippen LogP contribution in [0, 0.1) is 0 Å². The van der Waals surface area contributed by atoms with Crippen molar-refractivity contribution in [3.63, 3.8) is 0 Å². The fraction of sp³-hybridized carbons (Fsp3) is 0.300. The highest BCUT2D eigenvalue weighted by Crippen LogP contribution is 2.31. The van der Waals surface area contributed by atoms with Gasteiger partial charge in [-0.15, -0.1) is 0 Å². The Morgan fingerprint density at radius 2 is 2.15 bits per heavy atom. The van der Waals surface area contributed by atoms with Gasteiger partial charge in [-0.1, -0.05) is 18.2 Å². The number of nitrogens with zero attached hydrogens (tertiary/aromatic N) is 1. The summed E-state index contributed by atoms with van der Waals surface area (Å²) < 4.78 is 5.08. The van der Waals surface area contributed by atoms with Crippen molar-refractivity contribution in [1.29, 1.82) is 0 Å². The highest BCUT2D eigenvalue weighted by atomic mass is 16.5. The van der Waals surface area contributed by atoms with Crippen LogP contribution in [-0.4, -0.2) is 19.3 Å². The second-order valence-corrected chi connectivity index (χ2v) is 3.00. The SMILES string of the molecule is O=C=Nc1ccccc1C1COC1. The summed E-state index contributed by atoms with van der Waals surface area (Å²) in [4.78, 5) is 13.8. The summed E-state index contributed by atoms with van der Waals surface area (Å²) in [6.45, 7) is 1.46. The lowest BCUT2D eigenvalue weighted by atomic mass is 9.96. The van der Waals surface area contributed by atoms with Gasteiger partial charge < -0.3 is 4.74 Å². The minimum absolute atomic E-state index is 0.397. The lowest BCUT2D eigenvalue weighted by Gasteiger charge is -2.26. The average molecular weight is 175 g/mol. The first-order valence-corrected chi connectivity index (χ1v) is 4.16. The monoisotopic (exact) mass is 175 g/mol. The molecule has 13 heavy (non-hydrogen) atoms. The van der Waals surface area contributed by atoms with Crippen molar-refractivity contribution in [2.24, 2.45) is 4.99 Å². The minimum atomic E-state index is 0.397. The Bertz CT molecular complexity index is 352. The largest absolute Gasteiger partial charge is 0.380 e. The van der Waals surface area contributed by atoms with E-state index in [0.717, 1.165) is 18.8 Å². The molecule has 0 N–H and O–H groups in total. The lowest BCUT2D eigenvalue weighted by Crippen LogP contribution is -2.25. The van der Waals surface area contributed by atoms with Crippen LogP contribution in [0.2, 0.25) is 0 Å². The van der Waals surface area contributed by atoms with Crippen LogP contribution in [0.15, 0.2) is 29.3 Å². The molecule has 0 amide bonds. The molecule has 3 heteroatoms. The summed E-state index contributed by atoms with van der Waals surface area (Å²) in [6, 6.07) is 7.60. The van der Waals surface area contributed by atoms with Gasteiger partial charge in [-0.3, -0.25) is 0 Å². The molecule has 0 unspecified atom stereocenters. The summed E-state index contributed by atoms with van der Waals surface area (Å²) in [5.41, 5.74) is 1.79.